The molecule has 188 valence electrons. The number of benzene rings is 6. The first-order chi connectivity index (χ1) is 19.7. The molecule has 2 nitrogen and oxygen atoms in total. The predicted octanol–water partition coefficient (Wildman–Crippen LogP) is 7.72. The molecule has 2 heterocycles. The van der Waals surface area contributed by atoms with Crippen LogP contribution in [-0.4, -0.2) is 6.71 Å². The molecule has 0 bridgehead atoms. The smallest absolute Gasteiger partial charge is 0.260 e. The second kappa shape index (κ2) is 9.03. The maximum Gasteiger partial charge on any atom is 0.260 e. The van der Waals surface area contributed by atoms with Crippen LogP contribution < -0.4 is 25.9 Å². The summed E-state index contributed by atoms with van der Waals surface area (Å²) in [5.41, 5.74) is 11.5. The van der Waals surface area contributed by atoms with Gasteiger partial charge in [0.2, 0.25) is 0 Å². The molecule has 0 N–H and O–H groups in total. The second-order valence-electron chi connectivity index (χ2n) is 10.5. The Hall–Kier alpha value is -5.02. The zero-order chi connectivity index (χ0) is 26.6. The van der Waals surface area contributed by atoms with Gasteiger partial charge >= 0.3 is 0 Å². The van der Waals surface area contributed by atoms with Crippen molar-refractivity contribution in [2.24, 2.45) is 0 Å². The molecular weight excluding hydrogens is 487 g/mol. The first kappa shape index (κ1) is 22.9. The van der Waals surface area contributed by atoms with Crippen molar-refractivity contribution in [3.8, 4) is 56.4 Å². The monoisotopic (exact) mass is 512 g/mol. The minimum absolute atomic E-state index is 0.0110. The molecule has 0 radical (unpaired) electrons. The van der Waals surface area contributed by atoms with Crippen LogP contribution in [0.3, 0.4) is 0 Å². The topological polar surface area (TPSA) is 18.5 Å². The maximum atomic E-state index is 6.84. The zero-order valence-electron chi connectivity index (χ0n) is 22.1. The molecule has 2 aliphatic rings. The Morgan fingerprint density at radius 1 is 0.450 bits per heavy atom. The van der Waals surface area contributed by atoms with Gasteiger partial charge in [0.1, 0.15) is 23.0 Å². The Bertz CT molecular complexity index is 1910. The minimum atomic E-state index is 0.0110. The van der Waals surface area contributed by atoms with Crippen LogP contribution in [0, 0.1) is 6.92 Å². The van der Waals surface area contributed by atoms with Gasteiger partial charge in [0, 0.05) is 11.0 Å². The first-order valence-electron chi connectivity index (χ1n) is 13.7. The lowest BCUT2D eigenvalue weighted by Crippen LogP contribution is -2.57. The van der Waals surface area contributed by atoms with E-state index in [0.717, 1.165) is 61.6 Å². The third-order valence-corrected chi connectivity index (χ3v) is 8.15. The van der Waals surface area contributed by atoms with E-state index in [9.17, 15) is 0 Å². The fraction of sp³-hybridized carbons (Fsp3) is 0.0270. The molecule has 0 aliphatic carbocycles. The average molecular weight is 512 g/mol. The molecule has 40 heavy (non-hydrogen) atoms. The van der Waals surface area contributed by atoms with Gasteiger partial charge in [-0.1, -0.05) is 115 Å². The van der Waals surface area contributed by atoms with Gasteiger partial charge < -0.3 is 9.47 Å². The van der Waals surface area contributed by atoms with Crippen molar-refractivity contribution in [3.05, 3.63) is 139 Å². The highest BCUT2D eigenvalue weighted by molar-refractivity contribution is 6.98. The maximum absolute atomic E-state index is 6.84. The van der Waals surface area contributed by atoms with Crippen molar-refractivity contribution in [3.63, 3.8) is 0 Å². The van der Waals surface area contributed by atoms with Crippen LogP contribution in [0.25, 0.3) is 33.4 Å². The number of fused-ring (bicyclic) bond motifs is 4. The molecule has 3 heteroatoms. The van der Waals surface area contributed by atoms with Gasteiger partial charge in [0.05, 0.1) is 0 Å². The number of ether oxygens (including phenoxy) is 2. The van der Waals surface area contributed by atoms with Gasteiger partial charge in [-0.15, -0.1) is 0 Å². The van der Waals surface area contributed by atoms with Crippen LogP contribution in [0.2, 0.25) is 0 Å². The average Bonchev–Trinajstić information content (AvgIpc) is 3.01. The van der Waals surface area contributed by atoms with E-state index in [1.165, 1.54) is 16.7 Å². The molecular formula is C37H25BO2. The molecule has 0 amide bonds. The molecule has 0 unspecified atom stereocenters. The molecule has 6 aromatic rings. The summed E-state index contributed by atoms with van der Waals surface area (Å²) in [6, 6.07) is 47.0. The fourth-order valence-electron chi connectivity index (χ4n) is 6.23. The number of aryl methyl sites for hydroxylation is 1. The highest BCUT2D eigenvalue weighted by Gasteiger charge is 2.41. The van der Waals surface area contributed by atoms with Crippen molar-refractivity contribution >= 4 is 23.1 Å². The normalized spacial score (nSPS) is 12.5. The van der Waals surface area contributed by atoms with Gasteiger partial charge in [-0.3, -0.25) is 0 Å². The van der Waals surface area contributed by atoms with Gasteiger partial charge in [-0.2, -0.15) is 0 Å². The summed E-state index contributed by atoms with van der Waals surface area (Å²) in [6.07, 6.45) is 0. The van der Waals surface area contributed by atoms with Gasteiger partial charge in [-0.05, 0) is 69.4 Å². The summed E-state index contributed by atoms with van der Waals surface area (Å²) in [5.74, 6) is 3.52. The highest BCUT2D eigenvalue weighted by Crippen LogP contribution is 2.42. The fourth-order valence-corrected chi connectivity index (χ4v) is 6.23. The number of para-hydroxylation sites is 1. The van der Waals surface area contributed by atoms with Crippen molar-refractivity contribution < 1.29 is 9.47 Å². The number of hydrogen-bond donors (Lipinski definition) is 0. The Kier molecular flexibility index (Phi) is 5.18. The second-order valence-corrected chi connectivity index (χ2v) is 10.5. The summed E-state index contributed by atoms with van der Waals surface area (Å²) in [7, 11) is 0. The third kappa shape index (κ3) is 3.59. The lowest BCUT2D eigenvalue weighted by atomic mass is 9.34. The highest BCUT2D eigenvalue weighted by atomic mass is 16.5. The lowest BCUT2D eigenvalue weighted by molar-refractivity contribution is 0.466. The molecule has 0 saturated carbocycles. The molecule has 0 atom stereocenters. The number of rotatable bonds is 3. The number of hydrogen-bond acceptors (Lipinski definition) is 2. The van der Waals surface area contributed by atoms with Crippen LogP contribution in [-0.2, 0) is 0 Å². The molecule has 0 aromatic heterocycles. The zero-order valence-corrected chi connectivity index (χ0v) is 22.1. The molecule has 0 spiro atoms. The van der Waals surface area contributed by atoms with E-state index in [0.29, 0.717) is 0 Å². The van der Waals surface area contributed by atoms with Crippen molar-refractivity contribution in [1.29, 1.82) is 0 Å². The van der Waals surface area contributed by atoms with Crippen LogP contribution in [0.15, 0.2) is 133 Å². The Labute approximate surface area is 234 Å². The van der Waals surface area contributed by atoms with Crippen molar-refractivity contribution in [2.45, 2.75) is 6.92 Å². The summed E-state index contributed by atoms with van der Waals surface area (Å²) >= 11 is 0. The van der Waals surface area contributed by atoms with Crippen LogP contribution >= 0.6 is 0 Å². The van der Waals surface area contributed by atoms with Gasteiger partial charge in [0.25, 0.3) is 6.71 Å². The molecule has 0 saturated heterocycles. The molecule has 8 rings (SSSR count). The quantitative estimate of drug-likeness (QED) is 0.226. The van der Waals surface area contributed by atoms with E-state index in [2.05, 4.69) is 134 Å². The SMILES string of the molecule is Cc1ccccc1-c1cc2c3c(c1)Oc1c(cccc1-c1ccccc1)B3c1ccc(-c3ccccc3)cc1O2. The van der Waals surface area contributed by atoms with E-state index in [4.69, 9.17) is 9.47 Å². The largest absolute Gasteiger partial charge is 0.458 e. The van der Waals surface area contributed by atoms with E-state index in [1.54, 1.807) is 0 Å². The van der Waals surface area contributed by atoms with Gasteiger partial charge in [0.15, 0.2) is 0 Å². The molecule has 6 aromatic carbocycles. The Balaban J connectivity index is 1.38. The first-order valence-corrected chi connectivity index (χ1v) is 13.7. The summed E-state index contributed by atoms with van der Waals surface area (Å²) in [5, 5.41) is 0. The Morgan fingerprint density at radius 3 is 1.88 bits per heavy atom. The van der Waals surface area contributed by atoms with E-state index < -0.39 is 0 Å². The predicted molar refractivity (Wildman–Crippen MR) is 165 cm³/mol. The lowest BCUT2D eigenvalue weighted by Gasteiger charge is -2.34. The molecule has 0 fully saturated rings. The van der Waals surface area contributed by atoms with Crippen LogP contribution in [0.4, 0.5) is 0 Å². The Morgan fingerprint density at radius 2 is 1.10 bits per heavy atom. The van der Waals surface area contributed by atoms with E-state index in [1.807, 2.05) is 6.07 Å². The third-order valence-electron chi connectivity index (χ3n) is 8.15. The van der Waals surface area contributed by atoms with Crippen LogP contribution in [0.1, 0.15) is 5.56 Å². The van der Waals surface area contributed by atoms with Gasteiger partial charge in [-0.25, -0.2) is 0 Å². The standard InChI is InChI=1S/C37H25BO2/c1-24-11-8-9-16-29(24)28-22-34-36-35(23-28)40-37-30(26-14-6-3-7-15-26)17-10-18-32(37)38(36)31-20-19-27(21-33(31)39-34)25-12-4-2-5-13-25/h2-23H,1H3. The summed E-state index contributed by atoms with van der Waals surface area (Å²) in [4.78, 5) is 0. The van der Waals surface area contributed by atoms with E-state index >= 15 is 0 Å². The molecule has 2 aliphatic heterocycles. The van der Waals surface area contributed by atoms with Crippen LogP contribution in [0.5, 0.6) is 23.0 Å². The van der Waals surface area contributed by atoms with E-state index in [-0.39, 0.29) is 6.71 Å². The summed E-state index contributed by atoms with van der Waals surface area (Å²) in [6.45, 7) is 2.16. The summed E-state index contributed by atoms with van der Waals surface area (Å²) < 4.78 is 13.6. The van der Waals surface area contributed by atoms with Crippen molar-refractivity contribution in [1.82, 2.24) is 0 Å². The minimum Gasteiger partial charge on any atom is -0.458 e. The van der Waals surface area contributed by atoms with Crippen molar-refractivity contribution in [2.75, 3.05) is 0 Å².